The molecule has 1 aromatic carbocycles. The Morgan fingerprint density at radius 2 is 2.21 bits per heavy atom. The van der Waals surface area contributed by atoms with Gasteiger partial charge in [-0.15, -0.1) is 0 Å². The molecular formula is C14H19BrN2OS. The number of rotatable bonds is 5. The highest BCUT2D eigenvalue weighted by Crippen LogP contribution is 2.24. The van der Waals surface area contributed by atoms with Crippen LogP contribution in [0.15, 0.2) is 34.8 Å². The average molecular weight is 343 g/mol. The minimum atomic E-state index is 0.685. The van der Waals surface area contributed by atoms with Gasteiger partial charge in [-0.05, 0) is 37.3 Å². The summed E-state index contributed by atoms with van der Waals surface area (Å²) in [7, 11) is 3.62. The third-order valence-electron chi connectivity index (χ3n) is 2.54. The molecule has 1 aromatic rings. The maximum Gasteiger partial charge on any atom is 0.169 e. The van der Waals surface area contributed by atoms with E-state index < -0.39 is 0 Å². The molecule has 0 aliphatic carbocycles. The van der Waals surface area contributed by atoms with Gasteiger partial charge in [-0.3, -0.25) is 0 Å². The first-order valence-corrected chi connectivity index (χ1v) is 7.10. The Morgan fingerprint density at radius 3 is 2.79 bits per heavy atom. The summed E-state index contributed by atoms with van der Waals surface area (Å²) in [6, 6.07) is 5.94. The SMILES string of the molecule is C=C(C)CNC(=S)N(C)Cc1cc(Br)ccc1OC. The molecule has 19 heavy (non-hydrogen) atoms. The highest BCUT2D eigenvalue weighted by molar-refractivity contribution is 9.10. The molecule has 0 atom stereocenters. The molecule has 0 unspecified atom stereocenters. The van der Waals surface area contributed by atoms with Crippen LogP contribution in [0.3, 0.4) is 0 Å². The van der Waals surface area contributed by atoms with Gasteiger partial charge in [-0.1, -0.05) is 28.1 Å². The van der Waals surface area contributed by atoms with E-state index in [0.29, 0.717) is 18.2 Å². The standard InChI is InChI=1S/C14H19BrN2OS/c1-10(2)8-16-14(19)17(3)9-11-7-12(15)5-6-13(11)18-4/h5-7H,1,8-9H2,2-4H3,(H,16,19). The summed E-state index contributed by atoms with van der Waals surface area (Å²) < 4.78 is 6.38. The third kappa shape index (κ3) is 5.20. The van der Waals surface area contributed by atoms with Crippen LogP contribution in [0.1, 0.15) is 12.5 Å². The Bertz CT molecular complexity index is 477. The number of ether oxygens (including phenoxy) is 1. The van der Waals surface area contributed by atoms with Crippen LogP contribution in [0.5, 0.6) is 5.75 Å². The first-order chi connectivity index (χ1) is 8.93. The van der Waals surface area contributed by atoms with E-state index in [2.05, 4.69) is 27.8 Å². The molecule has 0 heterocycles. The molecule has 104 valence electrons. The first kappa shape index (κ1) is 16.0. The zero-order valence-corrected chi connectivity index (χ0v) is 13.9. The fourth-order valence-corrected chi connectivity index (χ4v) is 2.10. The molecular weight excluding hydrogens is 324 g/mol. The van der Waals surface area contributed by atoms with Crippen molar-refractivity contribution in [2.75, 3.05) is 20.7 Å². The molecule has 0 saturated heterocycles. The van der Waals surface area contributed by atoms with Gasteiger partial charge in [0.15, 0.2) is 5.11 Å². The number of nitrogens with zero attached hydrogens (tertiary/aromatic N) is 1. The van der Waals surface area contributed by atoms with Gasteiger partial charge >= 0.3 is 0 Å². The first-order valence-electron chi connectivity index (χ1n) is 5.89. The molecule has 1 rings (SSSR count). The molecule has 0 fully saturated rings. The van der Waals surface area contributed by atoms with Gasteiger partial charge in [0, 0.05) is 30.2 Å². The largest absolute Gasteiger partial charge is 0.496 e. The Labute approximate surface area is 128 Å². The number of halogens is 1. The topological polar surface area (TPSA) is 24.5 Å². The molecule has 0 bridgehead atoms. The molecule has 3 nitrogen and oxygen atoms in total. The molecule has 0 radical (unpaired) electrons. The minimum absolute atomic E-state index is 0.685. The molecule has 0 aliphatic rings. The third-order valence-corrected chi connectivity index (χ3v) is 3.49. The van der Waals surface area contributed by atoms with Crippen molar-refractivity contribution in [1.82, 2.24) is 10.2 Å². The molecule has 1 N–H and O–H groups in total. The Hall–Kier alpha value is -1.07. The van der Waals surface area contributed by atoms with E-state index in [9.17, 15) is 0 Å². The van der Waals surface area contributed by atoms with E-state index in [1.807, 2.05) is 37.1 Å². The van der Waals surface area contributed by atoms with Crippen molar-refractivity contribution in [2.45, 2.75) is 13.5 Å². The normalized spacial score (nSPS) is 9.89. The number of benzene rings is 1. The summed E-state index contributed by atoms with van der Waals surface area (Å²) in [5, 5.41) is 3.86. The van der Waals surface area contributed by atoms with Crippen molar-refractivity contribution in [3.63, 3.8) is 0 Å². The van der Waals surface area contributed by atoms with Crippen molar-refractivity contribution in [1.29, 1.82) is 0 Å². The van der Waals surface area contributed by atoms with E-state index in [-0.39, 0.29) is 0 Å². The predicted octanol–water partition coefficient (Wildman–Crippen LogP) is 3.34. The van der Waals surface area contributed by atoms with Crippen LogP contribution in [-0.2, 0) is 6.54 Å². The number of thiocarbonyl (C=S) groups is 1. The van der Waals surface area contributed by atoms with E-state index in [1.165, 1.54) is 0 Å². The summed E-state index contributed by atoms with van der Waals surface area (Å²) in [5.74, 6) is 0.859. The van der Waals surface area contributed by atoms with Gasteiger partial charge < -0.3 is 15.0 Å². The predicted molar refractivity (Wildman–Crippen MR) is 87.6 cm³/mol. The zero-order chi connectivity index (χ0) is 14.4. The Balaban J connectivity index is 2.70. The lowest BCUT2D eigenvalue weighted by Crippen LogP contribution is -2.37. The van der Waals surface area contributed by atoms with Gasteiger partial charge in [0.2, 0.25) is 0 Å². The highest BCUT2D eigenvalue weighted by atomic mass is 79.9. The van der Waals surface area contributed by atoms with Crippen molar-refractivity contribution in [3.05, 3.63) is 40.4 Å². The van der Waals surface area contributed by atoms with E-state index in [1.54, 1.807) is 7.11 Å². The number of hydrogen-bond donors (Lipinski definition) is 1. The van der Waals surface area contributed by atoms with Crippen LogP contribution in [0.25, 0.3) is 0 Å². The number of nitrogens with one attached hydrogen (secondary N) is 1. The van der Waals surface area contributed by atoms with Crippen LogP contribution in [-0.4, -0.2) is 30.7 Å². The van der Waals surface area contributed by atoms with E-state index in [0.717, 1.165) is 21.4 Å². The van der Waals surface area contributed by atoms with Crippen LogP contribution < -0.4 is 10.1 Å². The van der Waals surface area contributed by atoms with Crippen molar-refractivity contribution >= 4 is 33.3 Å². The van der Waals surface area contributed by atoms with Crippen LogP contribution in [0, 0.1) is 0 Å². The summed E-state index contributed by atoms with van der Waals surface area (Å²) in [6.45, 7) is 7.19. The highest BCUT2D eigenvalue weighted by Gasteiger charge is 2.09. The van der Waals surface area contributed by atoms with Crippen molar-refractivity contribution in [2.24, 2.45) is 0 Å². The summed E-state index contributed by atoms with van der Waals surface area (Å²) in [4.78, 5) is 1.97. The van der Waals surface area contributed by atoms with Crippen molar-refractivity contribution in [3.8, 4) is 5.75 Å². The Kier molecular flexibility index (Phi) is 6.31. The Morgan fingerprint density at radius 1 is 1.53 bits per heavy atom. The lowest BCUT2D eigenvalue weighted by Gasteiger charge is -2.22. The van der Waals surface area contributed by atoms with Crippen molar-refractivity contribution < 1.29 is 4.74 Å². The molecule has 0 aliphatic heterocycles. The smallest absolute Gasteiger partial charge is 0.169 e. The minimum Gasteiger partial charge on any atom is -0.496 e. The van der Waals surface area contributed by atoms with Gasteiger partial charge in [0.1, 0.15) is 5.75 Å². The van der Waals surface area contributed by atoms with Crippen LogP contribution >= 0.6 is 28.1 Å². The van der Waals surface area contributed by atoms with Crippen LogP contribution in [0.2, 0.25) is 0 Å². The van der Waals surface area contributed by atoms with Gasteiger partial charge in [0.25, 0.3) is 0 Å². The molecule has 0 aromatic heterocycles. The molecule has 0 saturated carbocycles. The fraction of sp³-hybridized carbons (Fsp3) is 0.357. The number of methoxy groups -OCH3 is 1. The molecule has 0 spiro atoms. The van der Waals surface area contributed by atoms with E-state index in [4.69, 9.17) is 17.0 Å². The summed E-state index contributed by atoms with van der Waals surface area (Å²) in [5.41, 5.74) is 2.13. The second kappa shape index (κ2) is 7.50. The zero-order valence-electron chi connectivity index (χ0n) is 11.5. The maximum absolute atomic E-state index is 5.35. The second-order valence-corrected chi connectivity index (χ2v) is 5.73. The fourth-order valence-electron chi connectivity index (χ4n) is 1.56. The maximum atomic E-state index is 5.35. The lowest BCUT2D eigenvalue weighted by atomic mass is 10.2. The van der Waals surface area contributed by atoms with Gasteiger partial charge in [-0.25, -0.2) is 0 Å². The van der Waals surface area contributed by atoms with Gasteiger partial charge in [-0.2, -0.15) is 0 Å². The van der Waals surface area contributed by atoms with Gasteiger partial charge in [0.05, 0.1) is 7.11 Å². The molecule has 5 heteroatoms. The summed E-state index contributed by atoms with van der Waals surface area (Å²) >= 11 is 8.80. The molecule has 0 amide bonds. The quantitative estimate of drug-likeness (QED) is 0.655. The van der Waals surface area contributed by atoms with Crippen LogP contribution in [0.4, 0.5) is 0 Å². The summed E-state index contributed by atoms with van der Waals surface area (Å²) in [6.07, 6.45) is 0. The lowest BCUT2D eigenvalue weighted by molar-refractivity contribution is 0.397. The van der Waals surface area contributed by atoms with E-state index >= 15 is 0 Å². The second-order valence-electron chi connectivity index (χ2n) is 4.43. The number of hydrogen-bond acceptors (Lipinski definition) is 2. The average Bonchev–Trinajstić information content (AvgIpc) is 2.36. The monoisotopic (exact) mass is 342 g/mol.